The lowest BCUT2D eigenvalue weighted by molar-refractivity contribution is -0.165. The molecule has 2 fully saturated rings. The van der Waals surface area contributed by atoms with E-state index in [1.807, 2.05) is 6.07 Å². The number of fused-ring (bicyclic) bond motifs is 1. The van der Waals surface area contributed by atoms with Gasteiger partial charge in [0.25, 0.3) is 0 Å². The Morgan fingerprint density at radius 3 is 2.34 bits per heavy atom. The van der Waals surface area contributed by atoms with E-state index in [1.165, 1.54) is 87.6 Å². The van der Waals surface area contributed by atoms with Gasteiger partial charge in [-0.25, -0.2) is 9.59 Å². The number of aliphatic hydroxyl groups excluding tert-OH is 2. The first-order valence-electron chi connectivity index (χ1n) is 13.6. The molecule has 5 rings (SSSR count). The molecule has 2 aromatic rings. The average Bonchev–Trinajstić information content (AvgIpc) is 2.92. The number of carbonyl (C=O) groups is 2. The Labute approximate surface area is 223 Å². The quantitative estimate of drug-likeness (QED) is 0.331. The van der Waals surface area contributed by atoms with Crippen LogP contribution in [0.2, 0.25) is 0 Å². The summed E-state index contributed by atoms with van der Waals surface area (Å²) in [6.07, 6.45) is 7.16. The standard InChI is InChI=1S/C26H33NO.C4H6O6/c28-22-13-12-21-18-25-23-11-4-6-14-26(23,24(21)19-22)15-17-27(25)16-7-5-10-20-8-2-1-3-9-20;5-1(3(7)8)2(6)4(9)10/h1-3,8-9,12-13,19,23,25,28H,4-7,10-11,14-18H2;1-2,5-6H,(H,7,8)(H,9,10)/t23-,25-,26+;1-,2-/m01/s1. The highest BCUT2D eigenvalue weighted by Crippen LogP contribution is 2.56. The van der Waals surface area contributed by atoms with Crippen LogP contribution in [0.1, 0.15) is 61.6 Å². The molecule has 0 amide bonds. The number of piperidine rings is 1. The van der Waals surface area contributed by atoms with Gasteiger partial charge in [-0.3, -0.25) is 4.90 Å². The van der Waals surface area contributed by atoms with Crippen molar-refractivity contribution in [3.05, 3.63) is 65.2 Å². The molecule has 2 aliphatic carbocycles. The normalized spacial score (nSPS) is 25.6. The Bertz CT molecular complexity index is 1090. The summed E-state index contributed by atoms with van der Waals surface area (Å²) in [7, 11) is 0. The fraction of sp³-hybridized carbons (Fsp3) is 0.533. The van der Waals surface area contributed by atoms with Crippen LogP contribution in [-0.2, 0) is 27.8 Å². The van der Waals surface area contributed by atoms with Crippen molar-refractivity contribution in [1.82, 2.24) is 4.90 Å². The van der Waals surface area contributed by atoms with Crippen LogP contribution in [0, 0.1) is 5.92 Å². The number of carboxylic acids is 2. The van der Waals surface area contributed by atoms with Crippen LogP contribution in [0.3, 0.4) is 0 Å². The van der Waals surface area contributed by atoms with Crippen LogP contribution in [-0.4, -0.2) is 73.7 Å². The van der Waals surface area contributed by atoms with Crippen LogP contribution in [0.15, 0.2) is 48.5 Å². The molecule has 1 heterocycles. The maximum absolute atomic E-state index is 10.2. The van der Waals surface area contributed by atoms with Crippen LogP contribution < -0.4 is 0 Å². The molecule has 0 unspecified atom stereocenters. The number of unbranched alkanes of at least 4 members (excludes halogenated alkanes) is 1. The van der Waals surface area contributed by atoms with Crippen molar-refractivity contribution < 1.29 is 35.1 Å². The number of hydrogen-bond acceptors (Lipinski definition) is 6. The number of aromatic hydroxyl groups is 1. The highest BCUT2D eigenvalue weighted by atomic mass is 16.4. The SMILES string of the molecule is O=C(O)[C@H](O)[C@@H](O)C(=O)O.Oc1ccc2c(c1)[C@@]13CCCC[C@H]1[C@H](C2)N(CCCCc1ccccc1)CC3. The van der Waals surface area contributed by atoms with Gasteiger partial charge < -0.3 is 25.5 Å². The first-order chi connectivity index (χ1) is 18.2. The summed E-state index contributed by atoms with van der Waals surface area (Å²) >= 11 is 0. The minimum absolute atomic E-state index is 0.343. The lowest BCUT2D eigenvalue weighted by Gasteiger charge is -2.59. The van der Waals surface area contributed by atoms with Crippen molar-refractivity contribution in [2.75, 3.05) is 13.1 Å². The molecule has 8 heteroatoms. The van der Waals surface area contributed by atoms with Gasteiger partial charge in [-0.15, -0.1) is 0 Å². The number of aliphatic hydroxyl groups is 2. The number of benzene rings is 2. The van der Waals surface area contributed by atoms with E-state index in [0.29, 0.717) is 17.2 Å². The largest absolute Gasteiger partial charge is 0.508 e. The Morgan fingerprint density at radius 1 is 0.947 bits per heavy atom. The highest BCUT2D eigenvalue weighted by molar-refractivity contribution is 5.83. The minimum Gasteiger partial charge on any atom is -0.508 e. The number of phenolic OH excluding ortho intramolecular Hbond substituents is 1. The van der Waals surface area contributed by atoms with E-state index in [2.05, 4.69) is 47.4 Å². The summed E-state index contributed by atoms with van der Waals surface area (Å²) in [6, 6.07) is 17.9. The second-order valence-electron chi connectivity index (χ2n) is 10.9. The van der Waals surface area contributed by atoms with E-state index in [0.717, 1.165) is 5.92 Å². The van der Waals surface area contributed by atoms with Gasteiger partial charge in [0.05, 0.1) is 0 Å². The van der Waals surface area contributed by atoms with Gasteiger partial charge in [-0.1, -0.05) is 49.2 Å². The van der Waals surface area contributed by atoms with Crippen molar-refractivity contribution in [2.45, 2.75) is 81.5 Å². The average molecular weight is 526 g/mol. The molecule has 2 aromatic carbocycles. The van der Waals surface area contributed by atoms with Gasteiger partial charge in [-0.05, 0) is 92.8 Å². The monoisotopic (exact) mass is 525 g/mol. The fourth-order valence-corrected chi connectivity index (χ4v) is 6.91. The third-order valence-electron chi connectivity index (χ3n) is 8.74. The predicted octanol–water partition coefficient (Wildman–Crippen LogP) is 3.35. The second kappa shape index (κ2) is 12.3. The first-order valence-corrected chi connectivity index (χ1v) is 13.6. The van der Waals surface area contributed by atoms with Crippen molar-refractivity contribution in [2.24, 2.45) is 5.92 Å². The van der Waals surface area contributed by atoms with Crippen molar-refractivity contribution in [3.63, 3.8) is 0 Å². The fourth-order valence-electron chi connectivity index (χ4n) is 6.91. The molecule has 2 bridgehead atoms. The molecule has 8 nitrogen and oxygen atoms in total. The number of aryl methyl sites for hydroxylation is 1. The second-order valence-corrected chi connectivity index (χ2v) is 10.9. The van der Waals surface area contributed by atoms with Gasteiger partial charge in [0, 0.05) is 11.5 Å². The summed E-state index contributed by atoms with van der Waals surface area (Å²) in [5.41, 5.74) is 4.82. The molecule has 1 saturated carbocycles. The molecule has 3 aliphatic rings. The molecule has 5 atom stereocenters. The molecular formula is C30H39NO7. The van der Waals surface area contributed by atoms with E-state index in [4.69, 9.17) is 20.4 Å². The number of aliphatic carboxylic acids is 2. The zero-order chi connectivity index (χ0) is 27.3. The summed E-state index contributed by atoms with van der Waals surface area (Å²) in [4.78, 5) is 22.4. The Morgan fingerprint density at radius 2 is 1.66 bits per heavy atom. The lowest BCUT2D eigenvalue weighted by Crippen LogP contribution is -2.61. The zero-order valence-corrected chi connectivity index (χ0v) is 21.7. The van der Waals surface area contributed by atoms with Crippen LogP contribution >= 0.6 is 0 Å². The number of phenols is 1. The smallest absolute Gasteiger partial charge is 0.335 e. The maximum Gasteiger partial charge on any atom is 0.335 e. The molecule has 206 valence electrons. The zero-order valence-electron chi connectivity index (χ0n) is 21.7. The van der Waals surface area contributed by atoms with Crippen LogP contribution in [0.4, 0.5) is 0 Å². The van der Waals surface area contributed by atoms with Crippen molar-refractivity contribution in [1.29, 1.82) is 0 Å². The number of likely N-dealkylation sites (tertiary alicyclic amines) is 1. The van der Waals surface area contributed by atoms with E-state index in [-0.39, 0.29) is 0 Å². The van der Waals surface area contributed by atoms with E-state index >= 15 is 0 Å². The van der Waals surface area contributed by atoms with Crippen molar-refractivity contribution in [3.8, 4) is 5.75 Å². The third kappa shape index (κ3) is 6.03. The van der Waals surface area contributed by atoms with Crippen LogP contribution in [0.25, 0.3) is 0 Å². The number of hydrogen-bond donors (Lipinski definition) is 5. The summed E-state index contributed by atoms with van der Waals surface area (Å²) < 4.78 is 0. The van der Waals surface area contributed by atoms with Crippen LogP contribution in [0.5, 0.6) is 5.75 Å². The first kappa shape index (κ1) is 28.1. The Balaban J connectivity index is 0.000000289. The van der Waals surface area contributed by atoms with Gasteiger partial charge in [-0.2, -0.15) is 0 Å². The molecule has 0 radical (unpaired) electrons. The number of carboxylic acid groups (broad SMARTS) is 2. The topological polar surface area (TPSA) is 139 Å². The minimum atomic E-state index is -2.27. The van der Waals surface area contributed by atoms with Gasteiger partial charge in [0.2, 0.25) is 0 Å². The van der Waals surface area contributed by atoms with Gasteiger partial charge in [0.15, 0.2) is 12.2 Å². The maximum atomic E-state index is 10.2. The third-order valence-corrected chi connectivity index (χ3v) is 8.74. The van der Waals surface area contributed by atoms with Gasteiger partial charge in [0.1, 0.15) is 5.75 Å². The molecule has 1 saturated heterocycles. The molecule has 0 aromatic heterocycles. The predicted molar refractivity (Wildman–Crippen MR) is 142 cm³/mol. The van der Waals surface area contributed by atoms with E-state index in [9.17, 15) is 14.7 Å². The molecular weight excluding hydrogens is 486 g/mol. The summed E-state index contributed by atoms with van der Waals surface area (Å²) in [5.74, 6) is -2.29. The molecule has 1 aliphatic heterocycles. The number of rotatable bonds is 8. The Kier molecular flexibility index (Phi) is 9.07. The summed E-state index contributed by atoms with van der Waals surface area (Å²) in [6.45, 7) is 2.49. The number of nitrogens with zero attached hydrogens (tertiary/aromatic N) is 1. The van der Waals surface area contributed by atoms with E-state index in [1.54, 1.807) is 0 Å². The van der Waals surface area contributed by atoms with Crippen molar-refractivity contribution >= 4 is 11.9 Å². The Hall–Kier alpha value is -2.94. The highest BCUT2D eigenvalue weighted by Gasteiger charge is 2.53. The molecule has 5 N–H and O–H groups in total. The molecule has 38 heavy (non-hydrogen) atoms. The lowest BCUT2D eigenvalue weighted by atomic mass is 9.52. The molecule has 0 spiro atoms. The van der Waals surface area contributed by atoms with Gasteiger partial charge >= 0.3 is 11.9 Å². The van der Waals surface area contributed by atoms with E-state index < -0.39 is 24.1 Å². The summed E-state index contributed by atoms with van der Waals surface area (Å²) in [5, 5.41) is 42.7.